The molecule has 0 aromatic heterocycles. The zero-order valence-electron chi connectivity index (χ0n) is 20.0. The molecule has 2 aromatic rings. The van der Waals surface area contributed by atoms with Crippen LogP contribution in [0.1, 0.15) is 61.4 Å². The summed E-state index contributed by atoms with van der Waals surface area (Å²) >= 11 is 2.21. The minimum atomic E-state index is -0.134. The third kappa shape index (κ3) is 7.22. The number of methoxy groups -OCH3 is 1. The van der Waals surface area contributed by atoms with E-state index < -0.39 is 0 Å². The van der Waals surface area contributed by atoms with Crippen LogP contribution < -0.4 is 4.74 Å². The third-order valence-electron chi connectivity index (χ3n) is 5.31. The zero-order valence-corrected chi connectivity index (χ0v) is 20.0. The molecule has 0 fully saturated rings. The molecule has 0 atom stereocenters. The van der Waals surface area contributed by atoms with Gasteiger partial charge in [0.25, 0.3) is 0 Å². The van der Waals surface area contributed by atoms with E-state index in [0.29, 0.717) is 6.61 Å². The number of aliphatic imine (C=N–C) groups is 1. The van der Waals surface area contributed by atoms with E-state index in [0.717, 1.165) is 30.1 Å². The van der Waals surface area contributed by atoms with E-state index in [-0.39, 0.29) is 5.54 Å². The van der Waals surface area contributed by atoms with Gasteiger partial charge in [-0.2, -0.15) is 0 Å². The fourth-order valence-electron chi connectivity index (χ4n) is 3.59. The number of unbranched alkanes of at least 4 members (excludes halogenated alkanes) is 1. The second kappa shape index (κ2) is 11.6. The van der Waals surface area contributed by atoms with Gasteiger partial charge in [-0.1, -0.05) is 29.8 Å². The van der Waals surface area contributed by atoms with E-state index in [1.165, 1.54) is 40.2 Å². The summed E-state index contributed by atoms with van der Waals surface area (Å²) in [5.41, 5.74) is 6.05. The first-order chi connectivity index (χ1) is 14.3. The van der Waals surface area contributed by atoms with Crippen molar-refractivity contribution in [1.29, 1.82) is 0 Å². The molecule has 1 heterocycles. The minimum absolute atomic E-state index is 0.134. The molecule has 3 rings (SSSR count). The first kappa shape index (κ1) is 24.6. The first-order valence-corrected chi connectivity index (χ1v) is 11.3. The van der Waals surface area contributed by atoms with Crippen molar-refractivity contribution in [2.24, 2.45) is 4.99 Å². The summed E-state index contributed by atoms with van der Waals surface area (Å²) in [6.07, 6.45) is 4.68. The standard InChI is InChI=1S/C22H27NO2.C4H9.Li/c1-15-6-10-19(21-23-22(3,4)14-25-21)18(12-15)9-7-17-8-11-20(24-5)16(2)13-17;1-3-4-2;/h6,8,10-13H,7,9,14H2,1-5H3;1,3-4H2,2H3;. The Hall–Kier alpha value is -1.69. The van der Waals surface area contributed by atoms with Gasteiger partial charge in [-0.3, -0.25) is 0 Å². The monoisotopic (exact) mass is 401 g/mol. The Balaban J connectivity index is 0.000000575. The molecule has 1 aliphatic rings. The van der Waals surface area contributed by atoms with Gasteiger partial charge in [-0.15, -0.1) is 0 Å². The second-order valence-electron chi connectivity index (χ2n) is 8.84. The molecule has 0 saturated heterocycles. The molecular weight excluding hydrogens is 365 g/mol. The molecule has 4 heteroatoms. The van der Waals surface area contributed by atoms with Crippen LogP contribution in [0, 0.1) is 13.8 Å². The van der Waals surface area contributed by atoms with Crippen LogP contribution in [-0.2, 0) is 17.6 Å². The summed E-state index contributed by atoms with van der Waals surface area (Å²) in [4.78, 5) is 4.75. The Morgan fingerprint density at radius 3 is 2.40 bits per heavy atom. The molecule has 0 spiro atoms. The zero-order chi connectivity index (χ0) is 22.1. The van der Waals surface area contributed by atoms with Crippen molar-refractivity contribution < 1.29 is 9.47 Å². The molecule has 0 bridgehead atoms. The molecule has 0 N–H and O–H groups in total. The van der Waals surface area contributed by atoms with Crippen LogP contribution >= 0.6 is 0 Å². The van der Waals surface area contributed by atoms with Crippen molar-refractivity contribution in [2.75, 3.05) is 13.7 Å². The number of hydrogen-bond acceptors (Lipinski definition) is 3. The Morgan fingerprint density at radius 2 is 1.87 bits per heavy atom. The molecule has 30 heavy (non-hydrogen) atoms. The molecule has 2 aromatic carbocycles. The fourth-order valence-corrected chi connectivity index (χ4v) is 3.59. The predicted molar refractivity (Wildman–Crippen MR) is 128 cm³/mol. The molecule has 3 nitrogen and oxygen atoms in total. The van der Waals surface area contributed by atoms with E-state index >= 15 is 0 Å². The second-order valence-corrected chi connectivity index (χ2v) is 8.84. The van der Waals surface area contributed by atoms with Crippen molar-refractivity contribution in [2.45, 2.75) is 70.9 Å². The van der Waals surface area contributed by atoms with Crippen LogP contribution in [0.15, 0.2) is 41.4 Å². The molecule has 1 aliphatic heterocycles. The summed E-state index contributed by atoms with van der Waals surface area (Å²) in [6, 6.07) is 12.9. The number of ether oxygens (including phenoxy) is 2. The summed E-state index contributed by atoms with van der Waals surface area (Å²) in [6.45, 7) is 11.3. The van der Waals surface area contributed by atoms with Gasteiger partial charge in [0, 0.05) is 5.56 Å². The fraction of sp³-hybridized carbons (Fsp3) is 0.500. The van der Waals surface area contributed by atoms with E-state index in [1.807, 2.05) is 0 Å². The SMILES string of the molecule is COc1ccc(CCc2cc(C)ccc2C2=NC(C)(C)CO2)cc1C.[Li][CH2]CCC. The Kier molecular flexibility index (Phi) is 9.53. The van der Waals surface area contributed by atoms with E-state index in [1.54, 1.807) is 7.11 Å². The normalized spacial score (nSPS) is 14.5. The average Bonchev–Trinajstić information content (AvgIpc) is 3.07. The van der Waals surface area contributed by atoms with Gasteiger partial charge in [0.2, 0.25) is 5.90 Å². The number of hydrogen-bond donors (Lipinski definition) is 0. The van der Waals surface area contributed by atoms with Gasteiger partial charge in [0.05, 0.1) is 12.6 Å². The van der Waals surface area contributed by atoms with E-state index in [4.69, 9.17) is 14.5 Å². The number of nitrogens with zero attached hydrogens (tertiary/aromatic N) is 1. The van der Waals surface area contributed by atoms with Crippen molar-refractivity contribution in [3.8, 4) is 5.75 Å². The topological polar surface area (TPSA) is 30.8 Å². The van der Waals surface area contributed by atoms with Crippen molar-refractivity contribution in [1.82, 2.24) is 0 Å². The first-order valence-electron chi connectivity index (χ1n) is 11.3. The van der Waals surface area contributed by atoms with Crippen LogP contribution in [0.3, 0.4) is 0 Å². The molecule has 158 valence electrons. The van der Waals surface area contributed by atoms with E-state index in [9.17, 15) is 0 Å². The maximum atomic E-state index is 5.87. The molecule has 0 amide bonds. The van der Waals surface area contributed by atoms with Gasteiger partial charge in [0.1, 0.15) is 12.4 Å². The third-order valence-corrected chi connectivity index (χ3v) is 5.31. The molecule has 0 radical (unpaired) electrons. The Labute approximate surface area is 192 Å². The van der Waals surface area contributed by atoms with Crippen LogP contribution in [0.5, 0.6) is 5.75 Å². The molecule has 0 aliphatic carbocycles. The van der Waals surface area contributed by atoms with Crippen LogP contribution in [0.25, 0.3) is 0 Å². The quantitative estimate of drug-likeness (QED) is 0.531. The summed E-state index contributed by atoms with van der Waals surface area (Å²) < 4.78 is 11.2. The number of rotatable bonds is 7. The van der Waals surface area contributed by atoms with Gasteiger partial charge in [-0.25, -0.2) is 4.99 Å². The van der Waals surface area contributed by atoms with E-state index in [2.05, 4.69) is 88.7 Å². The molecule has 0 saturated carbocycles. The summed E-state index contributed by atoms with van der Waals surface area (Å²) in [5.74, 6) is 1.72. The number of benzene rings is 2. The molecular formula is C26H36LiNO2. The Morgan fingerprint density at radius 1 is 1.10 bits per heavy atom. The van der Waals surface area contributed by atoms with Crippen molar-refractivity contribution in [3.63, 3.8) is 0 Å². The summed E-state index contributed by atoms with van der Waals surface area (Å²) in [5, 5.41) is 1.34. The molecule has 0 unspecified atom stereocenters. The van der Waals surface area contributed by atoms with Crippen molar-refractivity contribution >= 4 is 23.6 Å². The Bertz CT molecular complexity index is 856. The number of aryl methyl sites for hydroxylation is 4. The summed E-state index contributed by atoms with van der Waals surface area (Å²) in [7, 11) is 1.71. The van der Waals surface area contributed by atoms with Crippen LogP contribution in [-0.4, -0.2) is 42.9 Å². The van der Waals surface area contributed by atoms with Gasteiger partial charge >= 0.3 is 42.6 Å². The van der Waals surface area contributed by atoms with Crippen LogP contribution in [0.4, 0.5) is 0 Å². The van der Waals surface area contributed by atoms with Crippen LogP contribution in [0.2, 0.25) is 5.09 Å². The average molecular weight is 402 g/mol. The van der Waals surface area contributed by atoms with Gasteiger partial charge < -0.3 is 9.47 Å². The predicted octanol–water partition coefficient (Wildman–Crippen LogP) is 6.03. The van der Waals surface area contributed by atoms with Crippen molar-refractivity contribution in [3.05, 3.63) is 64.2 Å². The maximum absolute atomic E-state index is 5.87. The van der Waals surface area contributed by atoms with Gasteiger partial charge in [0.15, 0.2) is 0 Å². The van der Waals surface area contributed by atoms with Gasteiger partial charge in [-0.05, 0) is 69.4 Å².